The average molecular weight is 357 g/mol. The third-order valence-corrected chi connectivity index (χ3v) is 4.46. The first kappa shape index (κ1) is 19.3. The predicted molar refractivity (Wildman–Crippen MR) is 85.7 cm³/mol. The second-order valence-corrected chi connectivity index (χ2v) is 7.15. The van der Waals surface area contributed by atoms with E-state index in [1.54, 1.807) is 38.1 Å². The second-order valence-electron chi connectivity index (χ2n) is 7.15. The molecule has 4 nitrogen and oxygen atoms in total. The van der Waals surface area contributed by atoms with E-state index in [-0.39, 0.29) is 6.42 Å². The number of alkyl halides is 3. The van der Waals surface area contributed by atoms with Crippen molar-refractivity contribution in [3.05, 3.63) is 35.9 Å². The molecular weight excluding hydrogens is 335 g/mol. The molecule has 0 aliphatic carbocycles. The number of rotatable bonds is 4. The molecular formula is C18H22F3NO3. The maximum atomic E-state index is 13.3. The van der Waals surface area contributed by atoms with E-state index in [0.29, 0.717) is 4.90 Å². The molecule has 1 aromatic carbocycles. The number of cyclic esters (lactones) is 1. The lowest BCUT2D eigenvalue weighted by Crippen LogP contribution is -2.51. The van der Waals surface area contributed by atoms with Crippen molar-refractivity contribution >= 4 is 12.0 Å². The van der Waals surface area contributed by atoms with Crippen molar-refractivity contribution in [3.63, 3.8) is 0 Å². The maximum Gasteiger partial charge on any atom is 0.417 e. The number of hydrogen-bond acceptors (Lipinski definition) is 3. The monoisotopic (exact) mass is 357 g/mol. The van der Waals surface area contributed by atoms with Gasteiger partial charge in [0.15, 0.2) is 0 Å². The summed E-state index contributed by atoms with van der Waals surface area (Å²) < 4.78 is 45.3. The van der Waals surface area contributed by atoms with E-state index in [0.717, 1.165) is 5.56 Å². The van der Waals surface area contributed by atoms with Crippen LogP contribution >= 0.6 is 0 Å². The van der Waals surface area contributed by atoms with Crippen LogP contribution in [0.4, 0.5) is 18.0 Å². The number of imide groups is 1. The minimum absolute atomic E-state index is 0.230. The number of nitrogens with zero attached hydrogens (tertiary/aromatic N) is 1. The molecule has 1 aliphatic heterocycles. The molecule has 0 bridgehead atoms. The number of carbonyl (C=O) groups excluding carboxylic acids is 2. The molecule has 1 saturated heterocycles. The lowest BCUT2D eigenvalue weighted by molar-refractivity contribution is -0.196. The zero-order valence-electron chi connectivity index (χ0n) is 14.6. The fourth-order valence-electron chi connectivity index (χ4n) is 3.15. The van der Waals surface area contributed by atoms with E-state index in [1.807, 2.05) is 6.07 Å². The fraction of sp³-hybridized carbons (Fsp3) is 0.556. The van der Waals surface area contributed by atoms with Crippen LogP contribution in [0.1, 0.15) is 33.3 Å². The summed E-state index contributed by atoms with van der Waals surface area (Å²) in [7, 11) is 0. The molecule has 2 atom stereocenters. The molecule has 0 unspecified atom stereocenters. The van der Waals surface area contributed by atoms with E-state index < -0.39 is 41.7 Å². The first-order chi connectivity index (χ1) is 11.4. The number of halogens is 3. The zero-order valence-corrected chi connectivity index (χ0v) is 14.6. The van der Waals surface area contributed by atoms with Crippen molar-refractivity contribution in [3.8, 4) is 0 Å². The van der Waals surface area contributed by atoms with Crippen molar-refractivity contribution in [2.75, 3.05) is 0 Å². The highest BCUT2D eigenvalue weighted by molar-refractivity contribution is 5.95. The Morgan fingerprint density at radius 3 is 2.28 bits per heavy atom. The van der Waals surface area contributed by atoms with E-state index in [9.17, 15) is 22.8 Å². The standard InChI is InChI=1S/C18H22F3NO3/c1-11(2)14(18(19,20)21)15(23)22-13(17(3,4)25-16(22)24)10-12-8-6-5-7-9-12/h5-9,11,13-14H,10H2,1-4H3/t13-,14-/m0/s1. The summed E-state index contributed by atoms with van der Waals surface area (Å²) in [5.74, 6) is -4.48. The van der Waals surface area contributed by atoms with Crippen LogP contribution in [-0.4, -0.2) is 34.7 Å². The Labute approximate surface area is 144 Å². The molecule has 0 saturated carbocycles. The van der Waals surface area contributed by atoms with Crippen molar-refractivity contribution in [2.45, 2.75) is 51.9 Å². The Bertz CT molecular complexity index is 641. The van der Waals surface area contributed by atoms with Gasteiger partial charge in [-0.3, -0.25) is 4.79 Å². The van der Waals surface area contributed by atoms with Gasteiger partial charge in [0, 0.05) is 0 Å². The van der Waals surface area contributed by atoms with Gasteiger partial charge in [-0.1, -0.05) is 44.2 Å². The van der Waals surface area contributed by atoms with Gasteiger partial charge in [0.2, 0.25) is 5.91 Å². The minimum atomic E-state index is -4.73. The molecule has 0 spiro atoms. The average Bonchev–Trinajstić information content (AvgIpc) is 2.67. The van der Waals surface area contributed by atoms with Crippen LogP contribution in [0, 0.1) is 11.8 Å². The fourth-order valence-corrected chi connectivity index (χ4v) is 3.15. The van der Waals surface area contributed by atoms with Crippen LogP contribution in [0.25, 0.3) is 0 Å². The molecule has 0 N–H and O–H groups in total. The largest absolute Gasteiger partial charge is 0.441 e. The van der Waals surface area contributed by atoms with Gasteiger partial charge in [-0.15, -0.1) is 0 Å². The number of amides is 2. The van der Waals surface area contributed by atoms with Gasteiger partial charge in [-0.25, -0.2) is 9.69 Å². The van der Waals surface area contributed by atoms with Gasteiger partial charge in [0.25, 0.3) is 0 Å². The highest BCUT2D eigenvalue weighted by atomic mass is 19.4. The van der Waals surface area contributed by atoms with Gasteiger partial charge < -0.3 is 4.74 Å². The Morgan fingerprint density at radius 2 is 1.80 bits per heavy atom. The summed E-state index contributed by atoms with van der Waals surface area (Å²) in [6.07, 6.45) is -5.52. The van der Waals surface area contributed by atoms with Gasteiger partial charge in [0.05, 0.1) is 6.04 Å². The molecule has 2 rings (SSSR count). The first-order valence-electron chi connectivity index (χ1n) is 8.12. The van der Waals surface area contributed by atoms with Crippen molar-refractivity contribution in [1.29, 1.82) is 0 Å². The van der Waals surface area contributed by atoms with Crippen LogP contribution < -0.4 is 0 Å². The second kappa shape index (κ2) is 6.69. The van der Waals surface area contributed by atoms with Crippen molar-refractivity contribution in [1.82, 2.24) is 4.90 Å². The lowest BCUT2D eigenvalue weighted by Gasteiger charge is -2.31. The predicted octanol–water partition coefficient (Wildman–Crippen LogP) is 4.19. The highest BCUT2D eigenvalue weighted by Gasteiger charge is 2.56. The van der Waals surface area contributed by atoms with Gasteiger partial charge in [0.1, 0.15) is 11.5 Å². The van der Waals surface area contributed by atoms with Crippen LogP contribution in [0.2, 0.25) is 0 Å². The van der Waals surface area contributed by atoms with Gasteiger partial charge >= 0.3 is 12.3 Å². The van der Waals surface area contributed by atoms with E-state index >= 15 is 0 Å². The minimum Gasteiger partial charge on any atom is -0.441 e. The van der Waals surface area contributed by atoms with E-state index in [4.69, 9.17) is 4.74 Å². The number of benzene rings is 1. The smallest absolute Gasteiger partial charge is 0.417 e. The van der Waals surface area contributed by atoms with E-state index in [2.05, 4.69) is 0 Å². The summed E-state index contributed by atoms with van der Waals surface area (Å²) in [4.78, 5) is 25.5. The van der Waals surface area contributed by atoms with Crippen LogP contribution in [0.5, 0.6) is 0 Å². The molecule has 1 heterocycles. The number of carbonyl (C=O) groups is 2. The summed E-state index contributed by atoms with van der Waals surface area (Å²) in [6.45, 7) is 5.83. The molecule has 1 fully saturated rings. The summed E-state index contributed by atoms with van der Waals surface area (Å²) in [5.41, 5.74) is -0.264. The Hall–Kier alpha value is -2.05. The van der Waals surface area contributed by atoms with Gasteiger partial charge in [-0.05, 0) is 31.7 Å². The van der Waals surface area contributed by atoms with Gasteiger partial charge in [-0.2, -0.15) is 13.2 Å². The molecule has 0 aromatic heterocycles. The number of hydrogen-bond donors (Lipinski definition) is 0. The normalized spacial score (nSPS) is 21.4. The molecule has 25 heavy (non-hydrogen) atoms. The maximum absolute atomic E-state index is 13.3. The molecule has 2 amide bonds. The number of ether oxygens (including phenoxy) is 1. The topological polar surface area (TPSA) is 46.6 Å². The third kappa shape index (κ3) is 3.96. The Kier molecular flexibility index (Phi) is 5.16. The molecule has 1 aromatic rings. The Balaban J connectivity index is 2.38. The molecule has 7 heteroatoms. The van der Waals surface area contributed by atoms with Crippen LogP contribution in [0.15, 0.2) is 30.3 Å². The van der Waals surface area contributed by atoms with Crippen LogP contribution in [-0.2, 0) is 16.0 Å². The summed E-state index contributed by atoms with van der Waals surface area (Å²) >= 11 is 0. The summed E-state index contributed by atoms with van der Waals surface area (Å²) in [5, 5.41) is 0. The zero-order chi connectivity index (χ0) is 19.0. The molecule has 138 valence electrons. The van der Waals surface area contributed by atoms with Crippen molar-refractivity contribution < 1.29 is 27.5 Å². The molecule has 0 radical (unpaired) electrons. The summed E-state index contributed by atoms with van der Waals surface area (Å²) in [6, 6.07) is 8.18. The quantitative estimate of drug-likeness (QED) is 0.812. The van der Waals surface area contributed by atoms with Crippen LogP contribution in [0.3, 0.4) is 0 Å². The first-order valence-corrected chi connectivity index (χ1v) is 8.12. The lowest BCUT2D eigenvalue weighted by atomic mass is 9.89. The van der Waals surface area contributed by atoms with Crippen molar-refractivity contribution in [2.24, 2.45) is 11.8 Å². The Morgan fingerprint density at radius 1 is 1.24 bits per heavy atom. The van der Waals surface area contributed by atoms with E-state index in [1.165, 1.54) is 13.8 Å². The third-order valence-electron chi connectivity index (χ3n) is 4.46. The molecule has 1 aliphatic rings. The highest BCUT2D eigenvalue weighted by Crippen LogP contribution is 2.38. The SMILES string of the molecule is CC(C)[C@@H](C(=O)N1C(=O)OC(C)(C)[C@@H]1Cc1ccccc1)C(F)(F)F.